The Morgan fingerprint density at radius 1 is 0.517 bits per heavy atom. The van der Waals surface area contributed by atoms with Crippen LogP contribution in [0.1, 0.15) is 71.6 Å². The van der Waals surface area contributed by atoms with Crippen molar-refractivity contribution < 1.29 is 25.9 Å². The maximum Gasteiger partial charge on any atom is 0.266 e. The molecule has 0 atom stereocenters. The molecule has 0 heterocycles. The van der Waals surface area contributed by atoms with E-state index in [1.54, 1.807) is 0 Å². The highest BCUT2D eigenvalue weighted by atomic mass is 32.2. The molecular formula is C19H42N2O6S2. The van der Waals surface area contributed by atoms with E-state index in [0.29, 0.717) is 26.2 Å². The molecule has 8 nitrogen and oxygen atoms in total. The second kappa shape index (κ2) is 16.4. The van der Waals surface area contributed by atoms with Gasteiger partial charge in [-0.3, -0.25) is 9.11 Å². The van der Waals surface area contributed by atoms with E-state index in [-0.39, 0.29) is 11.5 Å². The molecule has 29 heavy (non-hydrogen) atoms. The van der Waals surface area contributed by atoms with E-state index in [0.717, 1.165) is 70.9 Å². The lowest BCUT2D eigenvalue weighted by Gasteiger charge is -2.25. The fourth-order valence-corrected chi connectivity index (χ4v) is 4.18. The summed E-state index contributed by atoms with van der Waals surface area (Å²) in [5.41, 5.74) is 0. The minimum absolute atomic E-state index is 0.274. The van der Waals surface area contributed by atoms with Gasteiger partial charge in [-0.05, 0) is 45.4 Å². The number of unbranched alkanes of at least 4 members (excludes halogenated alkanes) is 6. The van der Waals surface area contributed by atoms with Crippen LogP contribution in [-0.4, -0.2) is 86.5 Å². The van der Waals surface area contributed by atoms with Crippen LogP contribution in [0.15, 0.2) is 0 Å². The molecule has 176 valence electrons. The Hall–Kier alpha value is -0.260. The van der Waals surface area contributed by atoms with Crippen molar-refractivity contribution in [3.8, 4) is 0 Å². The Kier molecular flexibility index (Phi) is 16.3. The second-order valence-electron chi connectivity index (χ2n) is 7.73. The van der Waals surface area contributed by atoms with Gasteiger partial charge in [-0.1, -0.05) is 52.4 Å². The van der Waals surface area contributed by atoms with Crippen LogP contribution in [0.5, 0.6) is 0 Å². The largest absolute Gasteiger partial charge is 0.302 e. The number of hydrogen-bond donors (Lipinski definition) is 2. The van der Waals surface area contributed by atoms with Gasteiger partial charge in [0.25, 0.3) is 20.2 Å². The van der Waals surface area contributed by atoms with Gasteiger partial charge >= 0.3 is 0 Å². The topological polar surface area (TPSA) is 115 Å². The van der Waals surface area contributed by atoms with E-state index in [2.05, 4.69) is 23.6 Å². The predicted octanol–water partition coefficient (Wildman–Crippen LogP) is 2.92. The summed E-state index contributed by atoms with van der Waals surface area (Å²) in [7, 11) is -7.97. The molecule has 0 saturated heterocycles. The van der Waals surface area contributed by atoms with E-state index >= 15 is 0 Å². The van der Waals surface area contributed by atoms with Gasteiger partial charge in [-0.25, -0.2) is 0 Å². The Labute approximate surface area is 178 Å². The third kappa shape index (κ3) is 20.8. The zero-order chi connectivity index (χ0) is 22.2. The molecule has 0 radical (unpaired) electrons. The summed E-state index contributed by atoms with van der Waals surface area (Å²) in [5.74, 6) is -0.547. The molecule has 0 aliphatic carbocycles. The van der Waals surface area contributed by atoms with E-state index < -0.39 is 20.2 Å². The second-order valence-corrected chi connectivity index (χ2v) is 10.9. The lowest BCUT2D eigenvalue weighted by molar-refractivity contribution is 0.231. The van der Waals surface area contributed by atoms with Gasteiger partial charge in [-0.2, -0.15) is 16.8 Å². The number of rotatable bonds is 20. The lowest BCUT2D eigenvalue weighted by atomic mass is 10.2. The van der Waals surface area contributed by atoms with Crippen LogP contribution in [0.3, 0.4) is 0 Å². The van der Waals surface area contributed by atoms with E-state index in [1.165, 1.54) is 0 Å². The van der Waals surface area contributed by atoms with Gasteiger partial charge in [0, 0.05) is 13.1 Å². The predicted molar refractivity (Wildman–Crippen MR) is 119 cm³/mol. The quantitative estimate of drug-likeness (QED) is 0.211. The molecule has 0 bridgehead atoms. The van der Waals surface area contributed by atoms with Gasteiger partial charge < -0.3 is 9.80 Å². The van der Waals surface area contributed by atoms with E-state index in [9.17, 15) is 16.8 Å². The average molecular weight is 459 g/mol. The summed E-state index contributed by atoms with van der Waals surface area (Å²) in [6.07, 6.45) is 9.50. The number of hydrogen-bond acceptors (Lipinski definition) is 6. The zero-order valence-corrected chi connectivity index (χ0v) is 19.9. The minimum Gasteiger partial charge on any atom is -0.302 e. The van der Waals surface area contributed by atoms with Crippen LogP contribution in [0.4, 0.5) is 0 Å². The van der Waals surface area contributed by atoms with Crippen molar-refractivity contribution in [2.24, 2.45) is 0 Å². The molecule has 0 aromatic heterocycles. The highest BCUT2D eigenvalue weighted by Gasteiger charge is 2.13. The third-order valence-corrected chi connectivity index (χ3v) is 6.33. The lowest BCUT2D eigenvalue weighted by Crippen LogP contribution is -2.35. The van der Waals surface area contributed by atoms with Crippen molar-refractivity contribution in [3.63, 3.8) is 0 Å². The fourth-order valence-electron chi connectivity index (χ4n) is 3.20. The highest BCUT2D eigenvalue weighted by Crippen LogP contribution is 2.06. The third-order valence-electron chi connectivity index (χ3n) is 4.94. The standard InChI is InChI=1S/C19H42N2O6S2/c1-3-5-7-9-12-20(16-18-28(22,23)24)14-11-15-21(13-10-8-6-4-2)17-19-29(25,26)27/h3-19H2,1-2H3,(H,22,23,24)(H,25,26,27). The summed E-state index contributed by atoms with van der Waals surface area (Å²) >= 11 is 0. The first-order valence-electron chi connectivity index (χ1n) is 10.9. The van der Waals surface area contributed by atoms with Crippen LogP contribution in [0, 0.1) is 0 Å². The van der Waals surface area contributed by atoms with Gasteiger partial charge in [0.2, 0.25) is 0 Å². The Morgan fingerprint density at radius 3 is 1.17 bits per heavy atom. The first-order valence-corrected chi connectivity index (χ1v) is 14.1. The summed E-state index contributed by atoms with van der Waals surface area (Å²) in [5, 5.41) is 0. The van der Waals surface area contributed by atoms with Crippen molar-refractivity contribution in [1.82, 2.24) is 9.80 Å². The van der Waals surface area contributed by atoms with E-state index in [1.807, 2.05) is 0 Å². The first kappa shape index (κ1) is 28.7. The summed E-state index contributed by atoms with van der Waals surface area (Å²) in [6.45, 7) is 7.83. The molecule has 2 N–H and O–H groups in total. The van der Waals surface area contributed by atoms with Crippen molar-refractivity contribution in [3.05, 3.63) is 0 Å². The average Bonchev–Trinajstić information content (AvgIpc) is 2.62. The van der Waals surface area contributed by atoms with Crippen molar-refractivity contribution in [2.45, 2.75) is 71.6 Å². The Bertz CT molecular complexity index is 544. The van der Waals surface area contributed by atoms with Crippen LogP contribution >= 0.6 is 0 Å². The van der Waals surface area contributed by atoms with Gasteiger partial charge in [-0.15, -0.1) is 0 Å². The molecule has 0 aliphatic rings. The highest BCUT2D eigenvalue weighted by molar-refractivity contribution is 7.86. The Balaban J connectivity index is 4.55. The van der Waals surface area contributed by atoms with Crippen molar-refractivity contribution >= 4 is 20.2 Å². The Morgan fingerprint density at radius 2 is 0.862 bits per heavy atom. The van der Waals surface area contributed by atoms with Crippen molar-refractivity contribution in [2.75, 3.05) is 50.8 Å². The molecule has 0 aromatic rings. The molecule has 10 heteroatoms. The van der Waals surface area contributed by atoms with Crippen LogP contribution in [0.2, 0.25) is 0 Å². The zero-order valence-electron chi connectivity index (χ0n) is 18.3. The van der Waals surface area contributed by atoms with E-state index in [4.69, 9.17) is 9.11 Å². The van der Waals surface area contributed by atoms with Crippen LogP contribution in [0.25, 0.3) is 0 Å². The smallest absolute Gasteiger partial charge is 0.266 e. The molecule has 0 spiro atoms. The molecule has 0 rings (SSSR count). The molecule has 0 unspecified atom stereocenters. The molecule has 0 fully saturated rings. The summed E-state index contributed by atoms with van der Waals surface area (Å²) in [6, 6.07) is 0. The molecule has 0 saturated carbocycles. The monoisotopic (exact) mass is 458 g/mol. The normalized spacial score (nSPS) is 12.9. The van der Waals surface area contributed by atoms with Gasteiger partial charge in [0.1, 0.15) is 0 Å². The SMILES string of the molecule is CCCCCCN(CCCN(CCCCCC)CCS(=O)(=O)O)CCS(=O)(=O)O. The summed E-state index contributed by atoms with van der Waals surface area (Å²) in [4.78, 5) is 4.11. The van der Waals surface area contributed by atoms with Crippen LogP contribution in [-0.2, 0) is 20.2 Å². The fraction of sp³-hybridized carbons (Fsp3) is 1.00. The van der Waals surface area contributed by atoms with Crippen LogP contribution < -0.4 is 0 Å². The summed E-state index contributed by atoms with van der Waals surface area (Å²) < 4.78 is 62.4. The van der Waals surface area contributed by atoms with Gasteiger partial charge in [0.05, 0.1) is 11.5 Å². The molecule has 0 aromatic carbocycles. The minimum atomic E-state index is -3.98. The van der Waals surface area contributed by atoms with Crippen molar-refractivity contribution in [1.29, 1.82) is 0 Å². The maximum absolute atomic E-state index is 11.1. The number of nitrogens with zero attached hydrogens (tertiary/aromatic N) is 2. The first-order chi connectivity index (χ1) is 13.6. The maximum atomic E-state index is 11.1. The molecule has 0 aliphatic heterocycles. The van der Waals surface area contributed by atoms with Gasteiger partial charge in [0.15, 0.2) is 0 Å². The molecular weight excluding hydrogens is 416 g/mol. The molecule has 0 amide bonds.